The minimum Gasteiger partial charge on any atom is -0.222 e. The van der Waals surface area contributed by atoms with E-state index in [9.17, 15) is 0 Å². The first-order chi connectivity index (χ1) is 15.0. The van der Waals surface area contributed by atoms with Crippen LogP contribution < -0.4 is 0 Å². The zero-order valence-electron chi connectivity index (χ0n) is 17.9. The second-order valence-electron chi connectivity index (χ2n) is 8.68. The first-order valence-corrected chi connectivity index (χ1v) is 11.4. The van der Waals surface area contributed by atoms with Crippen molar-refractivity contribution in [2.75, 3.05) is 0 Å². The largest absolute Gasteiger partial charge is 0.222 e. The highest BCUT2D eigenvalue weighted by Crippen LogP contribution is 2.29. The normalized spacial score (nSPS) is 12.0. The molecule has 0 saturated heterocycles. The minimum absolute atomic E-state index is 0.159. The van der Waals surface area contributed by atoms with Crippen LogP contribution in [0.2, 0.25) is 0 Å². The third-order valence-electron chi connectivity index (χ3n) is 5.37. The number of para-hydroxylation sites is 1. The van der Waals surface area contributed by atoms with Crippen LogP contribution in [0.15, 0.2) is 84.0 Å². The molecule has 5 aromatic rings. The van der Waals surface area contributed by atoms with Crippen LogP contribution >= 0.6 is 11.8 Å². The first kappa shape index (κ1) is 19.8. The number of rotatable bonds is 4. The summed E-state index contributed by atoms with van der Waals surface area (Å²) in [5.41, 5.74) is 5.55. The summed E-state index contributed by atoms with van der Waals surface area (Å²) in [4.78, 5) is 9.77. The lowest BCUT2D eigenvalue weighted by Crippen LogP contribution is -2.10. The summed E-state index contributed by atoms with van der Waals surface area (Å²) in [7, 11) is 0. The highest BCUT2D eigenvalue weighted by Gasteiger charge is 2.16. The Morgan fingerprint density at radius 3 is 2.26 bits per heavy atom. The summed E-state index contributed by atoms with van der Waals surface area (Å²) in [6.45, 7) is 6.71. The van der Waals surface area contributed by atoms with E-state index in [0.29, 0.717) is 0 Å². The molecule has 0 saturated carbocycles. The molecule has 0 amide bonds. The van der Waals surface area contributed by atoms with E-state index in [-0.39, 0.29) is 5.41 Å². The van der Waals surface area contributed by atoms with Crippen LogP contribution in [-0.2, 0) is 11.2 Å². The number of aromatic nitrogens is 4. The van der Waals surface area contributed by atoms with Gasteiger partial charge in [0.05, 0.1) is 5.52 Å². The molecule has 0 atom stereocenters. The Balaban J connectivity index is 1.53. The predicted molar refractivity (Wildman–Crippen MR) is 128 cm³/mol. The van der Waals surface area contributed by atoms with Gasteiger partial charge in [-0.15, -0.1) is 5.10 Å². The SMILES string of the molecule is CC(C)(C)c1ccc(CSc2nc3ccccc3c3nc(-c4ccccc4)nn23)cc1. The Morgan fingerprint density at radius 2 is 1.52 bits per heavy atom. The van der Waals surface area contributed by atoms with Gasteiger partial charge in [-0.1, -0.05) is 99.3 Å². The van der Waals surface area contributed by atoms with Crippen LogP contribution in [0.1, 0.15) is 31.9 Å². The predicted octanol–water partition coefficient (Wildman–Crippen LogP) is 6.53. The first-order valence-electron chi connectivity index (χ1n) is 10.4. The van der Waals surface area contributed by atoms with Gasteiger partial charge in [-0.05, 0) is 28.7 Å². The van der Waals surface area contributed by atoms with E-state index in [0.717, 1.165) is 38.8 Å². The number of thioether (sulfide) groups is 1. The quantitative estimate of drug-likeness (QED) is 0.243. The zero-order chi connectivity index (χ0) is 21.4. The Labute approximate surface area is 186 Å². The Hall–Kier alpha value is -3.18. The van der Waals surface area contributed by atoms with Crippen molar-refractivity contribution in [1.82, 2.24) is 19.6 Å². The lowest BCUT2D eigenvalue weighted by Gasteiger charge is -2.19. The van der Waals surface area contributed by atoms with E-state index in [1.807, 2.05) is 53.0 Å². The molecule has 31 heavy (non-hydrogen) atoms. The maximum Gasteiger partial charge on any atom is 0.191 e. The second kappa shape index (κ2) is 7.82. The fourth-order valence-electron chi connectivity index (χ4n) is 3.58. The topological polar surface area (TPSA) is 43.1 Å². The van der Waals surface area contributed by atoms with Crippen molar-refractivity contribution >= 4 is 28.3 Å². The molecule has 0 bridgehead atoms. The van der Waals surface area contributed by atoms with Gasteiger partial charge in [0.2, 0.25) is 0 Å². The van der Waals surface area contributed by atoms with Crippen molar-refractivity contribution in [2.24, 2.45) is 0 Å². The summed E-state index contributed by atoms with van der Waals surface area (Å²) < 4.78 is 1.89. The molecular formula is C26H24N4S. The average Bonchev–Trinajstić information content (AvgIpc) is 3.24. The lowest BCUT2D eigenvalue weighted by molar-refractivity contribution is 0.590. The summed E-state index contributed by atoms with van der Waals surface area (Å²) in [5.74, 6) is 1.54. The van der Waals surface area contributed by atoms with Gasteiger partial charge in [0.15, 0.2) is 16.6 Å². The summed E-state index contributed by atoms with van der Waals surface area (Å²) in [6, 6.07) is 27.1. The molecule has 2 aromatic heterocycles. The number of hydrogen-bond donors (Lipinski definition) is 0. The molecular weight excluding hydrogens is 400 g/mol. The van der Waals surface area contributed by atoms with Gasteiger partial charge in [-0.2, -0.15) is 4.52 Å². The van der Waals surface area contributed by atoms with Crippen molar-refractivity contribution < 1.29 is 0 Å². The fraction of sp³-hybridized carbons (Fsp3) is 0.192. The molecule has 2 heterocycles. The molecule has 154 valence electrons. The maximum atomic E-state index is 4.91. The monoisotopic (exact) mass is 424 g/mol. The van der Waals surface area contributed by atoms with Crippen LogP contribution in [0.4, 0.5) is 0 Å². The molecule has 0 aliphatic carbocycles. The maximum absolute atomic E-state index is 4.91. The van der Waals surface area contributed by atoms with Crippen molar-refractivity contribution in [3.05, 3.63) is 90.0 Å². The van der Waals surface area contributed by atoms with Crippen LogP contribution in [0.5, 0.6) is 0 Å². The molecule has 5 heteroatoms. The highest BCUT2D eigenvalue weighted by molar-refractivity contribution is 7.98. The molecule has 5 rings (SSSR count). The summed E-state index contributed by atoms with van der Waals surface area (Å²) in [6.07, 6.45) is 0. The van der Waals surface area contributed by atoms with Gasteiger partial charge in [0.1, 0.15) is 0 Å². The van der Waals surface area contributed by atoms with Crippen molar-refractivity contribution in [3.63, 3.8) is 0 Å². The van der Waals surface area contributed by atoms with E-state index in [1.54, 1.807) is 11.8 Å². The van der Waals surface area contributed by atoms with Gasteiger partial charge >= 0.3 is 0 Å². The Kier molecular flexibility index (Phi) is 4.98. The average molecular weight is 425 g/mol. The Morgan fingerprint density at radius 1 is 0.806 bits per heavy atom. The summed E-state index contributed by atoms with van der Waals surface area (Å²) in [5, 5.41) is 6.67. The summed E-state index contributed by atoms with van der Waals surface area (Å²) >= 11 is 1.69. The molecule has 0 spiro atoms. The van der Waals surface area contributed by atoms with Gasteiger partial charge in [-0.25, -0.2) is 9.97 Å². The van der Waals surface area contributed by atoms with Crippen molar-refractivity contribution in [3.8, 4) is 11.4 Å². The van der Waals surface area contributed by atoms with Crippen LogP contribution in [-0.4, -0.2) is 19.6 Å². The van der Waals surface area contributed by atoms with E-state index in [2.05, 4.69) is 51.1 Å². The third-order valence-corrected chi connectivity index (χ3v) is 6.37. The molecule has 0 N–H and O–H groups in total. The standard InChI is InChI=1S/C26H24N4S/c1-26(2,3)20-15-13-18(14-16-20)17-31-25-27-22-12-8-7-11-21(22)24-28-23(29-30(24)25)19-9-5-4-6-10-19/h4-16H,17H2,1-3H3. The zero-order valence-corrected chi connectivity index (χ0v) is 18.7. The lowest BCUT2D eigenvalue weighted by atomic mass is 9.87. The number of benzene rings is 3. The van der Waals surface area contributed by atoms with E-state index >= 15 is 0 Å². The highest BCUT2D eigenvalue weighted by atomic mass is 32.2. The number of hydrogen-bond acceptors (Lipinski definition) is 4. The van der Waals surface area contributed by atoms with E-state index < -0.39 is 0 Å². The van der Waals surface area contributed by atoms with E-state index in [4.69, 9.17) is 15.1 Å². The van der Waals surface area contributed by atoms with Crippen LogP contribution in [0, 0.1) is 0 Å². The van der Waals surface area contributed by atoms with Crippen LogP contribution in [0.3, 0.4) is 0 Å². The molecule has 0 aliphatic heterocycles. The second-order valence-corrected chi connectivity index (χ2v) is 9.63. The van der Waals surface area contributed by atoms with E-state index in [1.165, 1.54) is 11.1 Å². The third kappa shape index (κ3) is 3.93. The number of nitrogens with zero attached hydrogens (tertiary/aromatic N) is 4. The van der Waals surface area contributed by atoms with Gasteiger partial charge in [0, 0.05) is 16.7 Å². The van der Waals surface area contributed by atoms with Gasteiger partial charge in [0.25, 0.3) is 0 Å². The molecule has 4 nitrogen and oxygen atoms in total. The minimum atomic E-state index is 0.159. The molecule has 0 aliphatic rings. The smallest absolute Gasteiger partial charge is 0.191 e. The molecule has 0 radical (unpaired) electrons. The van der Waals surface area contributed by atoms with Crippen molar-refractivity contribution in [2.45, 2.75) is 37.1 Å². The fourth-order valence-corrected chi connectivity index (χ4v) is 4.48. The number of fused-ring (bicyclic) bond motifs is 3. The molecule has 0 fully saturated rings. The Bertz CT molecular complexity index is 1350. The van der Waals surface area contributed by atoms with Crippen LogP contribution in [0.25, 0.3) is 27.9 Å². The van der Waals surface area contributed by atoms with Crippen molar-refractivity contribution in [1.29, 1.82) is 0 Å². The molecule has 0 unspecified atom stereocenters. The van der Waals surface area contributed by atoms with Gasteiger partial charge < -0.3 is 0 Å². The van der Waals surface area contributed by atoms with Gasteiger partial charge in [-0.3, -0.25) is 0 Å². The molecule has 3 aromatic carbocycles.